The van der Waals surface area contributed by atoms with E-state index in [4.69, 9.17) is 0 Å². The van der Waals surface area contributed by atoms with Crippen LogP contribution in [0.2, 0.25) is 0 Å². The summed E-state index contributed by atoms with van der Waals surface area (Å²) in [5.74, 6) is -1.25. The zero-order valence-corrected chi connectivity index (χ0v) is 16.7. The van der Waals surface area contributed by atoms with Crippen molar-refractivity contribution in [2.75, 3.05) is 13.1 Å². The number of piperidine rings is 1. The number of hydrogen-bond acceptors (Lipinski definition) is 2. The van der Waals surface area contributed by atoms with Gasteiger partial charge in [0.25, 0.3) is 11.8 Å². The summed E-state index contributed by atoms with van der Waals surface area (Å²) in [6.45, 7) is 0.754. The largest absolute Gasteiger partial charge is 0.416 e. The molecule has 1 saturated heterocycles. The molecular weight excluding hydrogens is 456 g/mol. The highest BCUT2D eigenvalue weighted by molar-refractivity contribution is 9.10. The predicted octanol–water partition coefficient (Wildman–Crippen LogP) is 4.64. The minimum atomic E-state index is -4.46. The third kappa shape index (κ3) is 5.14. The fourth-order valence-electron chi connectivity index (χ4n) is 3.19. The van der Waals surface area contributed by atoms with Crippen molar-refractivity contribution in [3.8, 4) is 0 Å². The Morgan fingerprint density at radius 2 is 1.79 bits per heavy atom. The number of hydrogen-bond donors (Lipinski definition) is 1. The molecule has 1 aliphatic heterocycles. The molecular formula is C20H17BrF4N2O2. The summed E-state index contributed by atoms with van der Waals surface area (Å²) in [4.78, 5) is 26.7. The molecule has 1 N–H and O–H groups in total. The van der Waals surface area contributed by atoms with Crippen molar-refractivity contribution in [3.05, 3.63) is 69.4 Å². The molecule has 1 fully saturated rings. The number of likely N-dealkylation sites (tertiary alicyclic amines) is 1. The maximum Gasteiger partial charge on any atom is 0.416 e. The third-order valence-corrected chi connectivity index (χ3v) is 5.34. The minimum absolute atomic E-state index is 0.114. The summed E-state index contributed by atoms with van der Waals surface area (Å²) < 4.78 is 51.5. The van der Waals surface area contributed by atoms with Gasteiger partial charge >= 0.3 is 6.18 Å². The Morgan fingerprint density at radius 3 is 2.41 bits per heavy atom. The first-order chi connectivity index (χ1) is 13.6. The van der Waals surface area contributed by atoms with Gasteiger partial charge in [-0.1, -0.05) is 0 Å². The van der Waals surface area contributed by atoms with E-state index in [2.05, 4.69) is 21.2 Å². The summed E-state index contributed by atoms with van der Waals surface area (Å²) in [7, 11) is 0. The summed E-state index contributed by atoms with van der Waals surface area (Å²) >= 11 is 3.18. The highest BCUT2D eigenvalue weighted by atomic mass is 79.9. The smallest absolute Gasteiger partial charge is 0.348 e. The van der Waals surface area contributed by atoms with Gasteiger partial charge in [0.15, 0.2) is 0 Å². The van der Waals surface area contributed by atoms with E-state index in [1.807, 2.05) is 0 Å². The molecule has 0 spiro atoms. The molecule has 1 aliphatic rings. The van der Waals surface area contributed by atoms with Crippen molar-refractivity contribution in [3.63, 3.8) is 0 Å². The number of amides is 2. The molecule has 2 amide bonds. The first-order valence-corrected chi connectivity index (χ1v) is 9.67. The van der Waals surface area contributed by atoms with Crippen LogP contribution in [0, 0.1) is 5.82 Å². The Labute approximate surface area is 173 Å². The number of benzene rings is 2. The lowest BCUT2D eigenvalue weighted by Gasteiger charge is -2.33. The minimum Gasteiger partial charge on any atom is -0.348 e. The highest BCUT2D eigenvalue weighted by Crippen LogP contribution is 2.29. The number of halogens is 5. The number of rotatable bonds is 3. The summed E-state index contributed by atoms with van der Waals surface area (Å²) in [5, 5.41) is 2.77. The average Bonchev–Trinajstić information content (AvgIpc) is 2.67. The molecule has 0 bridgehead atoms. The fraction of sp³-hybridized carbons (Fsp3) is 0.300. The molecule has 1 heterocycles. The van der Waals surface area contributed by atoms with E-state index in [9.17, 15) is 27.2 Å². The first-order valence-electron chi connectivity index (χ1n) is 8.87. The molecule has 0 saturated carbocycles. The first kappa shape index (κ1) is 21.3. The predicted molar refractivity (Wildman–Crippen MR) is 102 cm³/mol. The molecule has 1 atom stereocenters. The Hall–Kier alpha value is -2.42. The van der Waals surface area contributed by atoms with E-state index in [0.29, 0.717) is 29.4 Å². The molecule has 9 heteroatoms. The standard InChI is InChI=1S/C20H17BrF4N2O2/c21-17-10-14(22)7-8-16(17)19(29)27-9-1-2-15(11-27)26-18(28)12-3-5-13(6-4-12)20(23,24)25/h3-8,10,15H,1-2,9,11H2,(H,26,28). The SMILES string of the molecule is O=C(NC1CCCN(C(=O)c2ccc(F)cc2Br)C1)c1ccc(C(F)(F)F)cc1. The second-order valence-corrected chi connectivity index (χ2v) is 7.62. The van der Waals surface area contributed by atoms with Gasteiger partial charge in [0.05, 0.1) is 11.1 Å². The molecule has 0 aromatic heterocycles. The lowest BCUT2D eigenvalue weighted by atomic mass is 10.0. The van der Waals surface area contributed by atoms with Crippen LogP contribution in [-0.2, 0) is 6.18 Å². The molecule has 0 radical (unpaired) electrons. The maximum atomic E-state index is 13.2. The zero-order valence-electron chi connectivity index (χ0n) is 15.1. The van der Waals surface area contributed by atoms with Crippen LogP contribution in [0.4, 0.5) is 17.6 Å². The number of nitrogens with zero attached hydrogens (tertiary/aromatic N) is 1. The second kappa shape index (κ2) is 8.52. The van der Waals surface area contributed by atoms with Gasteiger partial charge in [0.1, 0.15) is 5.82 Å². The number of carbonyl (C=O) groups excluding carboxylic acids is 2. The van der Waals surface area contributed by atoms with Crippen molar-refractivity contribution in [1.82, 2.24) is 10.2 Å². The van der Waals surface area contributed by atoms with E-state index in [0.717, 1.165) is 24.3 Å². The molecule has 1 unspecified atom stereocenters. The van der Waals surface area contributed by atoms with E-state index in [-0.39, 0.29) is 24.1 Å². The molecule has 3 rings (SSSR count). The summed E-state index contributed by atoms with van der Waals surface area (Å²) in [6, 6.07) is 7.44. The van der Waals surface area contributed by atoms with Crippen molar-refractivity contribution < 1.29 is 27.2 Å². The molecule has 2 aromatic carbocycles. The van der Waals surface area contributed by atoms with Gasteiger partial charge in [0, 0.05) is 29.2 Å². The van der Waals surface area contributed by atoms with Crippen molar-refractivity contribution >= 4 is 27.7 Å². The number of carbonyl (C=O) groups is 2. The fourth-order valence-corrected chi connectivity index (χ4v) is 3.71. The molecule has 0 aliphatic carbocycles. The van der Waals surface area contributed by atoms with E-state index in [1.54, 1.807) is 4.90 Å². The lowest BCUT2D eigenvalue weighted by molar-refractivity contribution is -0.137. The maximum absolute atomic E-state index is 13.2. The number of alkyl halides is 3. The monoisotopic (exact) mass is 472 g/mol. The molecule has 154 valence electrons. The van der Waals surface area contributed by atoms with Crippen LogP contribution in [0.3, 0.4) is 0 Å². The van der Waals surface area contributed by atoms with Crippen LogP contribution >= 0.6 is 15.9 Å². The molecule has 4 nitrogen and oxygen atoms in total. The van der Waals surface area contributed by atoms with Crippen LogP contribution in [0.5, 0.6) is 0 Å². The van der Waals surface area contributed by atoms with Crippen LogP contribution in [0.15, 0.2) is 46.9 Å². The van der Waals surface area contributed by atoms with Gasteiger partial charge in [-0.05, 0) is 71.2 Å². The van der Waals surface area contributed by atoms with Gasteiger partial charge in [-0.25, -0.2) is 4.39 Å². The highest BCUT2D eigenvalue weighted by Gasteiger charge is 2.31. The van der Waals surface area contributed by atoms with Crippen LogP contribution in [0.25, 0.3) is 0 Å². The third-order valence-electron chi connectivity index (χ3n) is 4.68. The summed E-state index contributed by atoms with van der Waals surface area (Å²) in [5.41, 5.74) is -0.391. The van der Waals surface area contributed by atoms with E-state index < -0.39 is 23.5 Å². The van der Waals surface area contributed by atoms with E-state index >= 15 is 0 Å². The average molecular weight is 473 g/mol. The summed E-state index contributed by atoms with van der Waals surface area (Å²) in [6.07, 6.45) is -3.17. The normalized spacial score (nSPS) is 17.1. The van der Waals surface area contributed by atoms with Crippen molar-refractivity contribution in [2.24, 2.45) is 0 Å². The van der Waals surface area contributed by atoms with Gasteiger partial charge in [-0.2, -0.15) is 13.2 Å². The Kier molecular flexibility index (Phi) is 6.26. The Morgan fingerprint density at radius 1 is 1.10 bits per heavy atom. The zero-order chi connectivity index (χ0) is 21.2. The van der Waals surface area contributed by atoms with E-state index in [1.165, 1.54) is 18.2 Å². The Bertz CT molecular complexity index is 916. The quantitative estimate of drug-likeness (QED) is 0.661. The van der Waals surface area contributed by atoms with Crippen LogP contribution in [-0.4, -0.2) is 35.8 Å². The number of nitrogens with one attached hydrogen (secondary N) is 1. The van der Waals surface area contributed by atoms with Crippen molar-refractivity contribution in [1.29, 1.82) is 0 Å². The van der Waals surface area contributed by atoms with Gasteiger partial charge in [0.2, 0.25) is 0 Å². The van der Waals surface area contributed by atoms with Gasteiger partial charge in [-0.3, -0.25) is 9.59 Å². The second-order valence-electron chi connectivity index (χ2n) is 6.76. The Balaban J connectivity index is 1.65. The van der Waals surface area contributed by atoms with Gasteiger partial charge in [-0.15, -0.1) is 0 Å². The van der Waals surface area contributed by atoms with Crippen molar-refractivity contribution in [2.45, 2.75) is 25.1 Å². The lowest BCUT2D eigenvalue weighted by Crippen LogP contribution is -2.49. The topological polar surface area (TPSA) is 49.4 Å². The van der Waals surface area contributed by atoms with Gasteiger partial charge < -0.3 is 10.2 Å². The molecule has 2 aromatic rings. The van der Waals surface area contributed by atoms with Crippen LogP contribution in [0.1, 0.15) is 39.1 Å². The molecule has 29 heavy (non-hydrogen) atoms. The van der Waals surface area contributed by atoms with Crippen LogP contribution < -0.4 is 5.32 Å².